The molecular weight excluding hydrogens is 326 g/mol. The molecule has 130 valence electrons. The van der Waals surface area contributed by atoms with E-state index in [0.717, 1.165) is 11.1 Å². The van der Waals surface area contributed by atoms with Gasteiger partial charge in [-0.3, -0.25) is 9.69 Å². The summed E-state index contributed by atoms with van der Waals surface area (Å²) in [6.07, 6.45) is 5.10. The molecule has 0 unspecified atom stereocenters. The Hall–Kier alpha value is -1.88. The van der Waals surface area contributed by atoms with Crippen molar-refractivity contribution in [3.05, 3.63) is 29.3 Å². The number of hydrogen-bond donors (Lipinski definition) is 1. The number of nitrogens with one attached hydrogen (secondary N) is 1. The van der Waals surface area contributed by atoms with Gasteiger partial charge in [0.25, 0.3) is 0 Å². The predicted octanol–water partition coefficient (Wildman–Crippen LogP) is 0.359. The van der Waals surface area contributed by atoms with Crippen LogP contribution in [0.5, 0.6) is 0 Å². The number of benzene rings is 1. The minimum Gasteiger partial charge on any atom is -0.344 e. The topological polar surface area (TPSA) is 69.7 Å². The number of carbonyl (C=O) groups excluding carboxylic acids is 1. The van der Waals surface area contributed by atoms with Crippen LogP contribution in [0.2, 0.25) is 0 Å². The lowest BCUT2D eigenvalue weighted by molar-refractivity contribution is -0.122. The Kier molecular flexibility index (Phi) is 5.99. The quantitative estimate of drug-likeness (QED) is 0.780. The minimum atomic E-state index is -3.49. The lowest BCUT2D eigenvalue weighted by atomic mass is 10.1. The van der Waals surface area contributed by atoms with E-state index >= 15 is 0 Å². The Balaban J connectivity index is 1.97. The first-order chi connectivity index (χ1) is 11.3. The van der Waals surface area contributed by atoms with Crippen LogP contribution < -0.4 is 5.32 Å². The minimum absolute atomic E-state index is 0.140. The molecule has 0 spiro atoms. The van der Waals surface area contributed by atoms with Crippen molar-refractivity contribution in [2.24, 2.45) is 0 Å². The molecule has 1 heterocycles. The molecule has 1 aromatic carbocycles. The molecule has 0 radical (unpaired) electrons. The fourth-order valence-corrected chi connectivity index (χ4v) is 4.07. The van der Waals surface area contributed by atoms with E-state index in [2.05, 4.69) is 11.2 Å². The standard InChI is InChI=1S/C17H23N3O3S/c1-4-7-18-17(21)13-19-8-10-20(11-9-19)24(22,23)16-6-5-14(2)15(3)12-16/h1,5-6,12H,7-11,13H2,2-3H3,(H,18,21). The van der Waals surface area contributed by atoms with Crippen LogP contribution in [0.15, 0.2) is 23.1 Å². The van der Waals surface area contributed by atoms with E-state index in [1.807, 2.05) is 24.8 Å². The Morgan fingerprint density at radius 3 is 2.46 bits per heavy atom. The molecule has 1 fully saturated rings. The zero-order chi connectivity index (χ0) is 17.7. The zero-order valence-corrected chi connectivity index (χ0v) is 14.9. The number of amides is 1. The largest absolute Gasteiger partial charge is 0.344 e. The fourth-order valence-electron chi connectivity index (χ4n) is 2.56. The highest BCUT2D eigenvalue weighted by atomic mass is 32.2. The van der Waals surface area contributed by atoms with Crippen molar-refractivity contribution in [3.8, 4) is 12.3 Å². The monoisotopic (exact) mass is 349 g/mol. The Morgan fingerprint density at radius 2 is 1.88 bits per heavy atom. The summed E-state index contributed by atoms with van der Waals surface area (Å²) in [5.74, 6) is 2.21. The number of piperazine rings is 1. The van der Waals surface area contributed by atoms with E-state index in [0.29, 0.717) is 31.1 Å². The van der Waals surface area contributed by atoms with Crippen molar-refractivity contribution >= 4 is 15.9 Å². The summed E-state index contributed by atoms with van der Waals surface area (Å²) in [7, 11) is -3.49. The summed E-state index contributed by atoms with van der Waals surface area (Å²) in [5.41, 5.74) is 2.02. The molecule has 1 saturated heterocycles. The summed E-state index contributed by atoms with van der Waals surface area (Å²) >= 11 is 0. The lowest BCUT2D eigenvalue weighted by Gasteiger charge is -2.33. The third-order valence-corrected chi connectivity index (χ3v) is 6.10. The zero-order valence-electron chi connectivity index (χ0n) is 14.1. The van der Waals surface area contributed by atoms with E-state index < -0.39 is 10.0 Å². The van der Waals surface area contributed by atoms with Crippen LogP contribution >= 0.6 is 0 Å². The molecule has 6 nitrogen and oxygen atoms in total. The first-order valence-electron chi connectivity index (χ1n) is 7.84. The van der Waals surface area contributed by atoms with Crippen molar-refractivity contribution in [3.63, 3.8) is 0 Å². The second-order valence-corrected chi connectivity index (χ2v) is 7.85. The highest BCUT2D eigenvalue weighted by molar-refractivity contribution is 7.89. The predicted molar refractivity (Wildman–Crippen MR) is 93.0 cm³/mol. The van der Waals surface area contributed by atoms with Crippen molar-refractivity contribution in [1.29, 1.82) is 0 Å². The molecule has 0 saturated carbocycles. The second-order valence-electron chi connectivity index (χ2n) is 5.91. The molecule has 0 aromatic heterocycles. The summed E-state index contributed by atoms with van der Waals surface area (Å²) in [6.45, 7) is 6.09. The van der Waals surface area contributed by atoms with E-state index in [-0.39, 0.29) is 19.0 Å². The van der Waals surface area contributed by atoms with Gasteiger partial charge in [0, 0.05) is 26.2 Å². The molecule has 0 atom stereocenters. The third kappa shape index (κ3) is 4.35. The van der Waals surface area contributed by atoms with Crippen LogP contribution in [0.1, 0.15) is 11.1 Å². The maximum Gasteiger partial charge on any atom is 0.243 e. The average Bonchev–Trinajstić information content (AvgIpc) is 2.56. The van der Waals surface area contributed by atoms with Crippen molar-refractivity contribution in [2.75, 3.05) is 39.3 Å². The first kappa shape index (κ1) is 18.5. The van der Waals surface area contributed by atoms with Crippen LogP contribution in [0.25, 0.3) is 0 Å². The molecule has 24 heavy (non-hydrogen) atoms. The van der Waals surface area contributed by atoms with Gasteiger partial charge in [-0.1, -0.05) is 12.0 Å². The molecule has 0 aliphatic carbocycles. The molecule has 1 aliphatic rings. The SMILES string of the molecule is C#CCNC(=O)CN1CCN(S(=O)(=O)c2ccc(C)c(C)c2)CC1. The van der Waals surface area contributed by atoms with Gasteiger partial charge in [-0.2, -0.15) is 4.31 Å². The first-order valence-corrected chi connectivity index (χ1v) is 9.28. The van der Waals surface area contributed by atoms with Gasteiger partial charge < -0.3 is 5.32 Å². The Morgan fingerprint density at radius 1 is 1.21 bits per heavy atom. The van der Waals surface area contributed by atoms with Gasteiger partial charge in [0.15, 0.2) is 0 Å². The maximum atomic E-state index is 12.7. The number of nitrogens with zero attached hydrogens (tertiary/aromatic N) is 2. The Bertz CT molecular complexity index is 745. The van der Waals surface area contributed by atoms with Gasteiger partial charge in [-0.25, -0.2) is 8.42 Å². The number of hydrogen-bond acceptors (Lipinski definition) is 4. The summed E-state index contributed by atoms with van der Waals surface area (Å²) in [5, 5.41) is 2.61. The molecule has 1 aliphatic heterocycles. The van der Waals surface area contributed by atoms with E-state index in [4.69, 9.17) is 6.42 Å². The van der Waals surface area contributed by atoms with Gasteiger partial charge in [0.05, 0.1) is 18.0 Å². The van der Waals surface area contributed by atoms with Crippen molar-refractivity contribution in [1.82, 2.24) is 14.5 Å². The molecule has 1 N–H and O–H groups in total. The van der Waals surface area contributed by atoms with Crippen molar-refractivity contribution in [2.45, 2.75) is 18.7 Å². The van der Waals surface area contributed by atoms with Gasteiger partial charge in [0.1, 0.15) is 0 Å². The van der Waals surface area contributed by atoms with Gasteiger partial charge in [0.2, 0.25) is 15.9 Å². The second kappa shape index (κ2) is 7.79. The smallest absolute Gasteiger partial charge is 0.243 e. The number of terminal acetylenes is 1. The van der Waals surface area contributed by atoms with Crippen LogP contribution in [0.3, 0.4) is 0 Å². The number of rotatable bonds is 5. The summed E-state index contributed by atoms with van der Waals surface area (Å²) in [4.78, 5) is 13.9. The normalized spacial score (nSPS) is 16.5. The molecular formula is C17H23N3O3S. The van der Waals surface area contributed by atoms with Gasteiger partial charge in [-0.05, 0) is 37.1 Å². The van der Waals surface area contributed by atoms with Gasteiger partial charge in [-0.15, -0.1) is 6.42 Å². The molecule has 7 heteroatoms. The highest BCUT2D eigenvalue weighted by Gasteiger charge is 2.29. The number of sulfonamides is 1. The van der Waals surface area contributed by atoms with Crippen LogP contribution in [0, 0.1) is 26.2 Å². The fraction of sp³-hybridized carbons (Fsp3) is 0.471. The Labute approximate surface area is 143 Å². The number of aryl methyl sites for hydroxylation is 2. The highest BCUT2D eigenvalue weighted by Crippen LogP contribution is 2.20. The maximum absolute atomic E-state index is 12.7. The third-order valence-electron chi connectivity index (χ3n) is 4.20. The van der Waals surface area contributed by atoms with Crippen LogP contribution in [0.4, 0.5) is 0 Å². The van der Waals surface area contributed by atoms with E-state index in [9.17, 15) is 13.2 Å². The molecule has 0 bridgehead atoms. The van der Waals surface area contributed by atoms with Gasteiger partial charge >= 0.3 is 0 Å². The molecule has 1 aromatic rings. The van der Waals surface area contributed by atoms with E-state index in [1.165, 1.54) is 4.31 Å². The van der Waals surface area contributed by atoms with Crippen molar-refractivity contribution < 1.29 is 13.2 Å². The summed E-state index contributed by atoms with van der Waals surface area (Å²) < 4.78 is 26.9. The lowest BCUT2D eigenvalue weighted by Crippen LogP contribution is -2.51. The molecule has 2 rings (SSSR count). The summed E-state index contributed by atoms with van der Waals surface area (Å²) in [6, 6.07) is 5.19. The molecule has 1 amide bonds. The van der Waals surface area contributed by atoms with Crippen LogP contribution in [-0.2, 0) is 14.8 Å². The average molecular weight is 349 g/mol. The van der Waals surface area contributed by atoms with Crippen LogP contribution in [-0.4, -0.2) is 62.8 Å². The number of carbonyl (C=O) groups is 1. The van der Waals surface area contributed by atoms with E-state index in [1.54, 1.807) is 12.1 Å².